The molecule has 1 amide bonds. The molecule has 2 aromatic carbocycles. The molecule has 2 N–H and O–H groups in total. The number of hydrogen-bond donors (Lipinski definition) is 2. The third-order valence-corrected chi connectivity index (χ3v) is 2.81. The van der Waals surface area contributed by atoms with Gasteiger partial charge in [0.15, 0.2) is 0 Å². The number of amides is 1. The second-order valence-corrected chi connectivity index (χ2v) is 4.19. The van der Waals surface area contributed by atoms with Crippen molar-refractivity contribution in [3.63, 3.8) is 0 Å². The van der Waals surface area contributed by atoms with Crippen molar-refractivity contribution in [3.05, 3.63) is 54.6 Å². The number of rotatable bonds is 4. The molecule has 0 aliphatic carbocycles. The van der Waals surface area contributed by atoms with Gasteiger partial charge in [-0.15, -0.1) is 0 Å². The number of aromatic hydroxyl groups is 1. The van der Waals surface area contributed by atoms with Gasteiger partial charge in [0.2, 0.25) is 5.91 Å². The highest BCUT2D eigenvalue weighted by Gasteiger charge is 2.10. The molecule has 0 aromatic heterocycles. The van der Waals surface area contributed by atoms with Gasteiger partial charge < -0.3 is 15.3 Å². The Labute approximate surface area is 112 Å². The van der Waals surface area contributed by atoms with E-state index in [-0.39, 0.29) is 18.2 Å². The van der Waals surface area contributed by atoms with Gasteiger partial charge in [0.05, 0.1) is 6.54 Å². The molecule has 4 heteroatoms. The van der Waals surface area contributed by atoms with Gasteiger partial charge in [-0.25, -0.2) is 0 Å². The molecule has 0 aliphatic heterocycles. The maximum absolute atomic E-state index is 12.0. The Morgan fingerprint density at radius 3 is 2.58 bits per heavy atom. The lowest BCUT2D eigenvalue weighted by atomic mass is 10.2. The van der Waals surface area contributed by atoms with Crippen LogP contribution >= 0.6 is 0 Å². The fraction of sp³-hybridized carbons (Fsp3) is 0.133. The summed E-state index contributed by atoms with van der Waals surface area (Å²) in [5.41, 5.74) is 1.57. The van der Waals surface area contributed by atoms with Gasteiger partial charge in [-0.2, -0.15) is 0 Å². The van der Waals surface area contributed by atoms with Gasteiger partial charge in [0, 0.05) is 24.5 Å². The first-order chi connectivity index (χ1) is 9.16. The van der Waals surface area contributed by atoms with E-state index >= 15 is 0 Å². The lowest BCUT2D eigenvalue weighted by Crippen LogP contribution is -2.32. The highest BCUT2D eigenvalue weighted by Crippen LogP contribution is 2.18. The molecule has 2 aromatic rings. The zero-order valence-electron chi connectivity index (χ0n) is 10.7. The van der Waals surface area contributed by atoms with Gasteiger partial charge in [-0.3, -0.25) is 4.79 Å². The SMILES string of the molecule is CN(C(=O)CNc1ccccc1)c1cccc(O)c1. The highest BCUT2D eigenvalue weighted by atomic mass is 16.3. The molecular formula is C15H16N2O2. The predicted molar refractivity (Wildman–Crippen MR) is 76.4 cm³/mol. The van der Waals surface area contributed by atoms with Crippen LogP contribution in [0.3, 0.4) is 0 Å². The first-order valence-corrected chi connectivity index (χ1v) is 6.01. The number of anilines is 2. The maximum atomic E-state index is 12.0. The summed E-state index contributed by atoms with van der Waals surface area (Å²) in [6.07, 6.45) is 0. The molecule has 0 saturated heterocycles. The number of nitrogens with one attached hydrogen (secondary N) is 1. The van der Waals surface area contributed by atoms with Crippen LogP contribution in [0, 0.1) is 0 Å². The van der Waals surface area contributed by atoms with Gasteiger partial charge in [-0.05, 0) is 24.3 Å². The number of benzene rings is 2. The molecule has 2 rings (SSSR count). The van der Waals surface area contributed by atoms with Crippen molar-refractivity contribution in [2.45, 2.75) is 0 Å². The van der Waals surface area contributed by atoms with Gasteiger partial charge in [-0.1, -0.05) is 24.3 Å². The van der Waals surface area contributed by atoms with Crippen molar-refractivity contribution < 1.29 is 9.90 Å². The quantitative estimate of drug-likeness (QED) is 0.883. The Hall–Kier alpha value is -2.49. The van der Waals surface area contributed by atoms with E-state index in [1.807, 2.05) is 30.3 Å². The molecule has 0 radical (unpaired) electrons. The van der Waals surface area contributed by atoms with E-state index in [0.717, 1.165) is 5.69 Å². The van der Waals surface area contributed by atoms with Crippen LogP contribution in [0.4, 0.5) is 11.4 Å². The van der Waals surface area contributed by atoms with E-state index in [0.29, 0.717) is 5.69 Å². The van der Waals surface area contributed by atoms with E-state index in [4.69, 9.17) is 0 Å². The molecule has 0 fully saturated rings. The normalized spacial score (nSPS) is 9.95. The third kappa shape index (κ3) is 3.48. The number of para-hydroxylation sites is 1. The number of phenolic OH excluding ortho intramolecular Hbond substituents is 1. The summed E-state index contributed by atoms with van der Waals surface area (Å²) in [7, 11) is 1.68. The lowest BCUT2D eigenvalue weighted by molar-refractivity contribution is -0.116. The Kier molecular flexibility index (Phi) is 4.03. The van der Waals surface area contributed by atoms with Crippen LogP contribution in [0.15, 0.2) is 54.6 Å². The minimum absolute atomic E-state index is 0.0746. The van der Waals surface area contributed by atoms with Crippen LogP contribution in [-0.2, 0) is 4.79 Å². The van der Waals surface area contributed by atoms with Crippen LogP contribution < -0.4 is 10.2 Å². The Morgan fingerprint density at radius 2 is 1.89 bits per heavy atom. The molecule has 0 bridgehead atoms. The number of hydrogen-bond acceptors (Lipinski definition) is 3. The van der Waals surface area contributed by atoms with Crippen molar-refractivity contribution in [1.29, 1.82) is 0 Å². The number of likely N-dealkylation sites (N-methyl/N-ethyl adjacent to an activating group) is 1. The van der Waals surface area contributed by atoms with Crippen LogP contribution in [-0.4, -0.2) is 24.6 Å². The average molecular weight is 256 g/mol. The summed E-state index contributed by atoms with van der Waals surface area (Å²) in [6.45, 7) is 0.205. The Morgan fingerprint density at radius 1 is 1.16 bits per heavy atom. The molecule has 0 atom stereocenters. The summed E-state index contributed by atoms with van der Waals surface area (Å²) in [4.78, 5) is 13.5. The minimum Gasteiger partial charge on any atom is -0.508 e. The van der Waals surface area contributed by atoms with E-state index in [1.54, 1.807) is 31.3 Å². The molecule has 0 heterocycles. The van der Waals surface area contributed by atoms with E-state index in [9.17, 15) is 9.90 Å². The molecular weight excluding hydrogens is 240 g/mol. The van der Waals surface area contributed by atoms with Crippen LogP contribution in [0.25, 0.3) is 0 Å². The third-order valence-electron chi connectivity index (χ3n) is 2.81. The predicted octanol–water partition coefficient (Wildman–Crippen LogP) is 2.47. The highest BCUT2D eigenvalue weighted by molar-refractivity contribution is 5.95. The smallest absolute Gasteiger partial charge is 0.246 e. The number of nitrogens with zero attached hydrogens (tertiary/aromatic N) is 1. The van der Waals surface area contributed by atoms with Crippen molar-refractivity contribution in [3.8, 4) is 5.75 Å². The zero-order valence-corrected chi connectivity index (χ0v) is 10.7. The van der Waals surface area contributed by atoms with Crippen LogP contribution in [0.2, 0.25) is 0 Å². The monoisotopic (exact) mass is 256 g/mol. The molecule has 0 saturated carbocycles. The fourth-order valence-corrected chi connectivity index (χ4v) is 1.70. The second kappa shape index (κ2) is 5.91. The van der Waals surface area contributed by atoms with E-state index in [2.05, 4.69) is 5.32 Å². The van der Waals surface area contributed by atoms with Crippen molar-refractivity contribution in [2.24, 2.45) is 0 Å². The Balaban J connectivity index is 1.96. The molecule has 4 nitrogen and oxygen atoms in total. The zero-order chi connectivity index (χ0) is 13.7. The van der Waals surface area contributed by atoms with Gasteiger partial charge >= 0.3 is 0 Å². The number of carbonyl (C=O) groups excluding carboxylic acids is 1. The summed E-state index contributed by atoms with van der Waals surface area (Å²) >= 11 is 0. The molecule has 0 spiro atoms. The van der Waals surface area contributed by atoms with Crippen LogP contribution in [0.5, 0.6) is 5.75 Å². The Bertz CT molecular complexity index is 555. The van der Waals surface area contributed by atoms with E-state index < -0.39 is 0 Å². The van der Waals surface area contributed by atoms with Crippen molar-refractivity contribution >= 4 is 17.3 Å². The molecule has 19 heavy (non-hydrogen) atoms. The summed E-state index contributed by atoms with van der Waals surface area (Å²) in [5, 5.41) is 12.5. The lowest BCUT2D eigenvalue weighted by Gasteiger charge is -2.18. The second-order valence-electron chi connectivity index (χ2n) is 4.19. The number of carbonyl (C=O) groups is 1. The first-order valence-electron chi connectivity index (χ1n) is 6.01. The summed E-state index contributed by atoms with van der Waals surface area (Å²) < 4.78 is 0. The number of phenols is 1. The molecule has 98 valence electrons. The average Bonchev–Trinajstić information content (AvgIpc) is 2.45. The maximum Gasteiger partial charge on any atom is 0.246 e. The standard InChI is InChI=1S/C15H16N2O2/c1-17(13-8-5-9-14(18)10-13)15(19)11-16-12-6-3-2-4-7-12/h2-10,16,18H,11H2,1H3. The first kappa shape index (κ1) is 13.0. The van der Waals surface area contributed by atoms with E-state index in [1.165, 1.54) is 4.90 Å². The topological polar surface area (TPSA) is 52.6 Å². The fourth-order valence-electron chi connectivity index (χ4n) is 1.70. The van der Waals surface area contributed by atoms with Crippen molar-refractivity contribution in [1.82, 2.24) is 0 Å². The summed E-state index contributed by atoms with van der Waals surface area (Å²) in [5.74, 6) is 0.0719. The van der Waals surface area contributed by atoms with Gasteiger partial charge in [0.1, 0.15) is 5.75 Å². The minimum atomic E-state index is -0.0746. The van der Waals surface area contributed by atoms with Crippen molar-refractivity contribution in [2.75, 3.05) is 23.8 Å². The summed E-state index contributed by atoms with van der Waals surface area (Å²) in [6, 6.07) is 16.2. The largest absolute Gasteiger partial charge is 0.508 e. The van der Waals surface area contributed by atoms with Gasteiger partial charge in [0.25, 0.3) is 0 Å². The molecule has 0 unspecified atom stereocenters. The molecule has 0 aliphatic rings. The van der Waals surface area contributed by atoms with Crippen LogP contribution in [0.1, 0.15) is 0 Å².